The van der Waals surface area contributed by atoms with Gasteiger partial charge in [-0.25, -0.2) is 13.2 Å². The zero-order valence-corrected chi connectivity index (χ0v) is 19.9. The fourth-order valence-electron chi connectivity index (χ4n) is 4.73. The number of hydrogen-bond donors (Lipinski definition) is 3. The lowest BCUT2D eigenvalue weighted by Gasteiger charge is -2.38. The molecule has 1 fully saturated rings. The van der Waals surface area contributed by atoms with E-state index >= 15 is 0 Å². The van der Waals surface area contributed by atoms with Crippen molar-refractivity contribution < 1.29 is 28.1 Å². The van der Waals surface area contributed by atoms with E-state index in [1.165, 1.54) is 18.2 Å². The van der Waals surface area contributed by atoms with Crippen molar-refractivity contribution in [3.05, 3.63) is 83.3 Å². The predicted octanol–water partition coefficient (Wildman–Crippen LogP) is 4.55. The van der Waals surface area contributed by atoms with E-state index in [2.05, 4.69) is 10.3 Å². The molecule has 0 bridgehead atoms. The van der Waals surface area contributed by atoms with Crippen molar-refractivity contribution in [3.63, 3.8) is 0 Å². The highest BCUT2D eigenvalue weighted by molar-refractivity contribution is 5.81. The maximum atomic E-state index is 13.8. The Morgan fingerprint density at radius 3 is 2.72 bits per heavy atom. The van der Waals surface area contributed by atoms with Crippen LogP contribution in [0.25, 0.3) is 17.0 Å². The molecule has 0 saturated carbocycles. The van der Waals surface area contributed by atoms with Crippen LogP contribution in [0, 0.1) is 17.5 Å². The summed E-state index contributed by atoms with van der Waals surface area (Å²) in [5, 5.41) is 23.5. The zero-order chi connectivity index (χ0) is 25.5. The van der Waals surface area contributed by atoms with Crippen LogP contribution in [-0.2, 0) is 11.2 Å². The van der Waals surface area contributed by atoms with Crippen molar-refractivity contribution >= 4 is 17.0 Å². The third-order valence-electron chi connectivity index (χ3n) is 6.61. The van der Waals surface area contributed by atoms with E-state index in [-0.39, 0.29) is 42.7 Å². The van der Waals surface area contributed by atoms with E-state index in [0.29, 0.717) is 13.0 Å². The molecule has 3 aromatic rings. The molecule has 5 nitrogen and oxygen atoms in total. The second-order valence-corrected chi connectivity index (χ2v) is 9.20. The molecular formula is C28H31F3N2O3. The lowest BCUT2D eigenvalue weighted by molar-refractivity contribution is -0.0917. The molecule has 0 radical (unpaired) electrons. The van der Waals surface area contributed by atoms with Gasteiger partial charge in [0.1, 0.15) is 17.5 Å². The first-order valence-corrected chi connectivity index (χ1v) is 12.3. The van der Waals surface area contributed by atoms with Gasteiger partial charge in [-0.2, -0.15) is 0 Å². The Kier molecular flexibility index (Phi) is 9.09. The molecule has 1 aromatic heterocycles. The molecule has 1 aliphatic heterocycles. The number of aryl methyl sites for hydroxylation is 1. The van der Waals surface area contributed by atoms with Crippen LogP contribution in [0.2, 0.25) is 0 Å². The van der Waals surface area contributed by atoms with Crippen LogP contribution in [0.5, 0.6) is 0 Å². The van der Waals surface area contributed by atoms with Crippen molar-refractivity contribution in [1.29, 1.82) is 0 Å². The second kappa shape index (κ2) is 12.5. The first kappa shape index (κ1) is 26.3. The number of pyridine rings is 1. The lowest BCUT2D eigenvalue weighted by Crippen LogP contribution is -2.49. The van der Waals surface area contributed by atoms with Crippen molar-refractivity contribution in [2.45, 2.75) is 56.5 Å². The van der Waals surface area contributed by atoms with Gasteiger partial charge in [-0.3, -0.25) is 4.98 Å². The largest absolute Gasteiger partial charge is 0.394 e. The summed E-state index contributed by atoms with van der Waals surface area (Å²) in [6.07, 6.45) is 6.98. The summed E-state index contributed by atoms with van der Waals surface area (Å²) < 4.78 is 47.3. The Balaban J connectivity index is 1.36. The number of nitrogens with one attached hydrogen (secondary N) is 1. The van der Waals surface area contributed by atoms with Gasteiger partial charge < -0.3 is 20.3 Å². The Labute approximate surface area is 208 Å². The summed E-state index contributed by atoms with van der Waals surface area (Å²) in [5.74, 6) is -1.30. The normalized spacial score (nSPS) is 21.3. The Hall–Kier alpha value is -2.78. The summed E-state index contributed by atoms with van der Waals surface area (Å²) in [6, 6.07) is 9.71. The van der Waals surface area contributed by atoms with Gasteiger partial charge in [0.2, 0.25) is 0 Å². The molecule has 0 aliphatic carbocycles. The molecule has 192 valence electrons. The molecule has 2 aromatic carbocycles. The van der Waals surface area contributed by atoms with Gasteiger partial charge in [0.05, 0.1) is 30.4 Å². The minimum atomic E-state index is -0.901. The zero-order valence-electron chi connectivity index (χ0n) is 19.9. The van der Waals surface area contributed by atoms with E-state index in [1.54, 1.807) is 18.3 Å². The average molecular weight is 501 g/mol. The molecule has 36 heavy (non-hydrogen) atoms. The second-order valence-electron chi connectivity index (χ2n) is 9.20. The molecule has 4 rings (SSSR count). The van der Waals surface area contributed by atoms with Gasteiger partial charge in [-0.1, -0.05) is 12.2 Å². The molecule has 1 saturated heterocycles. The highest BCUT2D eigenvalue weighted by atomic mass is 19.1. The maximum absolute atomic E-state index is 13.8. The average Bonchev–Trinajstić information content (AvgIpc) is 2.88. The fourth-order valence-corrected chi connectivity index (χ4v) is 4.73. The highest BCUT2D eigenvalue weighted by Gasteiger charge is 2.32. The molecule has 0 spiro atoms. The number of ether oxygens (including phenoxy) is 1. The molecular weight excluding hydrogens is 469 g/mol. The number of hydrogen-bond acceptors (Lipinski definition) is 5. The van der Waals surface area contributed by atoms with E-state index in [4.69, 9.17) is 4.74 Å². The first-order valence-electron chi connectivity index (χ1n) is 12.3. The SMILES string of the molecule is OC[C@H](O)CC1O[C@H](CCc2ccnc3ccc(F)cc23)CC[C@H]1NC/C=C/c1cc(F)ccc1F. The molecule has 4 atom stereocenters. The number of aliphatic hydroxyl groups is 2. The van der Waals surface area contributed by atoms with Gasteiger partial charge >= 0.3 is 0 Å². The lowest BCUT2D eigenvalue weighted by atomic mass is 9.92. The Morgan fingerprint density at radius 1 is 1.08 bits per heavy atom. The van der Waals surface area contributed by atoms with Crippen molar-refractivity contribution in [3.8, 4) is 0 Å². The third kappa shape index (κ3) is 6.91. The van der Waals surface area contributed by atoms with Gasteiger partial charge in [-0.15, -0.1) is 0 Å². The summed E-state index contributed by atoms with van der Waals surface area (Å²) in [4.78, 5) is 4.30. The monoisotopic (exact) mass is 500 g/mol. The Bertz CT molecular complexity index is 1190. The summed E-state index contributed by atoms with van der Waals surface area (Å²) in [5.41, 5.74) is 1.93. The molecule has 0 amide bonds. The topological polar surface area (TPSA) is 74.6 Å². The third-order valence-corrected chi connectivity index (χ3v) is 6.61. The summed E-state index contributed by atoms with van der Waals surface area (Å²) in [6.45, 7) is 0.0551. The van der Waals surface area contributed by atoms with Crippen LogP contribution in [0.4, 0.5) is 13.2 Å². The minimum absolute atomic E-state index is 0.0485. The minimum Gasteiger partial charge on any atom is -0.394 e. The quantitative estimate of drug-likeness (QED) is 0.381. The Morgan fingerprint density at radius 2 is 1.89 bits per heavy atom. The van der Waals surface area contributed by atoms with E-state index in [9.17, 15) is 23.4 Å². The van der Waals surface area contributed by atoms with Gasteiger partial charge in [0, 0.05) is 36.2 Å². The molecule has 1 aliphatic rings. The number of aromatic nitrogens is 1. The molecule has 2 heterocycles. The maximum Gasteiger partial charge on any atom is 0.130 e. The highest BCUT2D eigenvalue weighted by Crippen LogP contribution is 2.27. The molecule has 1 unspecified atom stereocenters. The van der Waals surface area contributed by atoms with Crippen LogP contribution >= 0.6 is 0 Å². The van der Waals surface area contributed by atoms with E-state index in [0.717, 1.165) is 53.9 Å². The number of aliphatic hydroxyl groups excluding tert-OH is 2. The smallest absolute Gasteiger partial charge is 0.130 e. The van der Waals surface area contributed by atoms with E-state index < -0.39 is 17.7 Å². The molecule has 8 heteroatoms. The van der Waals surface area contributed by atoms with E-state index in [1.807, 2.05) is 6.07 Å². The standard InChI is InChI=1S/C28H31F3N2O3/c29-20-4-8-25(31)19(14-20)2-1-12-32-27-10-7-23(36-28(27)16-22(35)17-34)6-3-18-11-13-33-26-9-5-21(30)15-24(18)26/h1-2,4-5,8-9,11,13-15,22-23,27-28,32,34-35H,3,6-7,10,12,16-17H2/b2-1+/t22-,23-,27-,28?/m1/s1. The number of halogens is 3. The number of benzene rings is 2. The van der Waals surface area contributed by atoms with Gasteiger partial charge in [-0.05, 0) is 73.7 Å². The van der Waals surface area contributed by atoms with Crippen molar-refractivity contribution in [2.75, 3.05) is 13.2 Å². The number of nitrogens with zero attached hydrogens (tertiary/aromatic N) is 1. The van der Waals surface area contributed by atoms with Crippen molar-refractivity contribution in [1.82, 2.24) is 10.3 Å². The van der Waals surface area contributed by atoms with Crippen LogP contribution in [0.15, 0.2) is 54.7 Å². The first-order chi connectivity index (χ1) is 17.4. The van der Waals surface area contributed by atoms with Gasteiger partial charge in [0.25, 0.3) is 0 Å². The number of rotatable bonds is 10. The fraction of sp³-hybridized carbons (Fsp3) is 0.393. The van der Waals surface area contributed by atoms with Crippen LogP contribution in [-0.4, -0.2) is 52.7 Å². The number of fused-ring (bicyclic) bond motifs is 1. The summed E-state index contributed by atoms with van der Waals surface area (Å²) >= 11 is 0. The van der Waals surface area contributed by atoms with Crippen LogP contribution in [0.3, 0.4) is 0 Å². The predicted molar refractivity (Wildman–Crippen MR) is 133 cm³/mol. The van der Waals surface area contributed by atoms with Crippen molar-refractivity contribution in [2.24, 2.45) is 0 Å². The summed E-state index contributed by atoms with van der Waals surface area (Å²) in [7, 11) is 0. The molecule has 3 N–H and O–H groups in total. The van der Waals surface area contributed by atoms with Crippen LogP contribution in [0.1, 0.15) is 36.8 Å². The van der Waals surface area contributed by atoms with Crippen LogP contribution < -0.4 is 5.32 Å². The van der Waals surface area contributed by atoms with Gasteiger partial charge in [0.15, 0.2) is 0 Å².